The molecule has 0 bridgehead atoms. The van der Waals surface area contributed by atoms with Gasteiger partial charge in [-0.25, -0.2) is 13.8 Å². The van der Waals surface area contributed by atoms with Gasteiger partial charge in [0.2, 0.25) is 0 Å². The van der Waals surface area contributed by atoms with Crippen LogP contribution in [-0.4, -0.2) is 17.4 Å². The predicted octanol–water partition coefficient (Wildman–Crippen LogP) is 3.04. The first kappa shape index (κ1) is 13.9. The molecule has 0 saturated heterocycles. The lowest BCUT2D eigenvalue weighted by Crippen LogP contribution is -2.16. The van der Waals surface area contributed by atoms with Gasteiger partial charge in [0, 0.05) is 6.54 Å². The van der Waals surface area contributed by atoms with Crippen LogP contribution in [0.25, 0.3) is 0 Å². The molecule has 1 aromatic heterocycles. The van der Waals surface area contributed by atoms with Crippen molar-refractivity contribution < 1.29 is 13.6 Å². The molecule has 1 heterocycles. The van der Waals surface area contributed by atoms with Crippen LogP contribution in [0.1, 0.15) is 17.3 Å². The summed E-state index contributed by atoms with van der Waals surface area (Å²) in [6.45, 7) is 2.28. The molecule has 20 heavy (non-hydrogen) atoms. The Kier molecular flexibility index (Phi) is 4.24. The molecule has 0 spiro atoms. The Hall–Kier alpha value is -2.50. The number of amides is 1. The minimum Gasteiger partial charge on any atom is -0.382 e. The summed E-state index contributed by atoms with van der Waals surface area (Å²) in [5.41, 5.74) is 0.299. The highest BCUT2D eigenvalue weighted by molar-refractivity contribution is 6.07. The quantitative estimate of drug-likeness (QED) is 0.903. The number of anilines is 2. The number of nitrogens with zero attached hydrogens (tertiary/aromatic N) is 1. The lowest BCUT2D eigenvalue weighted by atomic mass is 10.1. The largest absolute Gasteiger partial charge is 0.382 e. The third kappa shape index (κ3) is 3.09. The summed E-state index contributed by atoms with van der Waals surface area (Å²) in [6.07, 6.45) is 0.992. The second kappa shape index (κ2) is 6.10. The van der Waals surface area contributed by atoms with Gasteiger partial charge in [-0.1, -0.05) is 6.07 Å². The van der Waals surface area contributed by atoms with Crippen LogP contribution in [0.2, 0.25) is 0 Å². The molecule has 0 fully saturated rings. The minimum atomic E-state index is -0.514. The number of para-hydroxylation sites is 1. The van der Waals surface area contributed by atoms with Crippen molar-refractivity contribution in [2.75, 3.05) is 17.2 Å². The number of pyridine rings is 1. The van der Waals surface area contributed by atoms with E-state index in [-0.39, 0.29) is 17.1 Å². The summed E-state index contributed by atoms with van der Waals surface area (Å²) in [5, 5.41) is 5.29. The molecule has 0 aliphatic heterocycles. The molecule has 0 aliphatic carbocycles. The van der Waals surface area contributed by atoms with Crippen molar-refractivity contribution in [1.82, 2.24) is 4.98 Å². The van der Waals surface area contributed by atoms with Crippen LogP contribution < -0.4 is 10.6 Å². The van der Waals surface area contributed by atoms with E-state index in [4.69, 9.17) is 0 Å². The van der Waals surface area contributed by atoms with Crippen molar-refractivity contribution in [3.63, 3.8) is 0 Å². The van der Waals surface area contributed by atoms with Crippen LogP contribution in [0.5, 0.6) is 0 Å². The van der Waals surface area contributed by atoms with Crippen molar-refractivity contribution in [2.24, 2.45) is 0 Å². The van der Waals surface area contributed by atoms with E-state index in [1.807, 2.05) is 0 Å². The third-order valence-electron chi connectivity index (χ3n) is 2.58. The summed E-state index contributed by atoms with van der Waals surface area (Å²) in [6, 6.07) is 6.73. The molecule has 0 saturated carbocycles. The maximum Gasteiger partial charge on any atom is 0.259 e. The van der Waals surface area contributed by atoms with Gasteiger partial charge in [-0.05, 0) is 31.2 Å². The smallest absolute Gasteiger partial charge is 0.259 e. The topological polar surface area (TPSA) is 54.0 Å². The molecule has 104 valence electrons. The van der Waals surface area contributed by atoms with Crippen LogP contribution in [0.3, 0.4) is 0 Å². The summed E-state index contributed by atoms with van der Waals surface area (Å²) in [5.74, 6) is -1.32. The second-order valence-electron chi connectivity index (χ2n) is 4.01. The van der Waals surface area contributed by atoms with E-state index in [2.05, 4.69) is 15.6 Å². The zero-order valence-corrected chi connectivity index (χ0v) is 10.8. The van der Waals surface area contributed by atoms with E-state index < -0.39 is 17.5 Å². The molecule has 0 aliphatic rings. The maximum atomic E-state index is 13.7. The van der Waals surface area contributed by atoms with E-state index >= 15 is 0 Å². The number of carbonyl (C=O) groups excluding carboxylic acids is 1. The van der Waals surface area contributed by atoms with Crippen molar-refractivity contribution in [1.29, 1.82) is 0 Å². The average molecular weight is 277 g/mol. The molecular weight excluding hydrogens is 264 g/mol. The highest BCUT2D eigenvalue weighted by atomic mass is 19.1. The fourth-order valence-corrected chi connectivity index (χ4v) is 1.70. The lowest BCUT2D eigenvalue weighted by Gasteiger charge is -2.11. The number of aromatic nitrogens is 1. The SMILES string of the molecule is CCNc1c(F)cccc1C(=O)Nc1ccc(F)cn1. The van der Waals surface area contributed by atoms with Gasteiger partial charge >= 0.3 is 0 Å². The highest BCUT2D eigenvalue weighted by Crippen LogP contribution is 2.20. The van der Waals surface area contributed by atoms with Gasteiger partial charge in [-0.3, -0.25) is 4.79 Å². The zero-order valence-electron chi connectivity index (χ0n) is 10.8. The van der Waals surface area contributed by atoms with Crippen LogP contribution in [0.4, 0.5) is 20.3 Å². The number of halogens is 2. The Morgan fingerprint density at radius 1 is 1.25 bits per heavy atom. The summed E-state index contributed by atoms with van der Waals surface area (Å²) < 4.78 is 26.4. The van der Waals surface area contributed by atoms with Crippen molar-refractivity contribution in [3.05, 3.63) is 53.7 Å². The Balaban J connectivity index is 2.25. The molecular formula is C14H13F2N3O. The standard InChI is InChI=1S/C14H13F2N3O/c1-2-17-13-10(4-3-5-11(13)16)14(20)19-12-7-6-9(15)8-18-12/h3-8,17H,2H2,1H3,(H,18,19,20). The fraction of sp³-hybridized carbons (Fsp3) is 0.143. The normalized spacial score (nSPS) is 10.2. The Labute approximate surface area is 114 Å². The van der Waals surface area contributed by atoms with Gasteiger partial charge < -0.3 is 10.6 Å². The molecule has 0 atom stereocenters. The van der Waals surface area contributed by atoms with E-state index in [1.165, 1.54) is 30.3 Å². The van der Waals surface area contributed by atoms with Crippen LogP contribution >= 0.6 is 0 Å². The number of hydrogen-bond acceptors (Lipinski definition) is 3. The first-order valence-electron chi connectivity index (χ1n) is 6.07. The summed E-state index contributed by atoms with van der Waals surface area (Å²) in [4.78, 5) is 15.8. The molecule has 0 unspecified atom stereocenters. The molecule has 6 heteroatoms. The summed E-state index contributed by atoms with van der Waals surface area (Å²) >= 11 is 0. The predicted molar refractivity (Wildman–Crippen MR) is 72.7 cm³/mol. The number of carbonyl (C=O) groups is 1. The van der Waals surface area contributed by atoms with Gasteiger partial charge in [0.15, 0.2) is 0 Å². The third-order valence-corrected chi connectivity index (χ3v) is 2.58. The Bertz CT molecular complexity index is 614. The number of rotatable bonds is 4. The Morgan fingerprint density at radius 3 is 2.70 bits per heavy atom. The fourth-order valence-electron chi connectivity index (χ4n) is 1.70. The van der Waals surface area contributed by atoms with Gasteiger partial charge in [0.1, 0.15) is 17.5 Å². The van der Waals surface area contributed by atoms with E-state index in [9.17, 15) is 13.6 Å². The zero-order chi connectivity index (χ0) is 14.5. The monoisotopic (exact) mass is 277 g/mol. The first-order valence-corrected chi connectivity index (χ1v) is 6.07. The minimum absolute atomic E-state index is 0.134. The van der Waals surface area contributed by atoms with E-state index in [0.717, 1.165) is 6.20 Å². The first-order chi connectivity index (χ1) is 9.61. The lowest BCUT2D eigenvalue weighted by molar-refractivity contribution is 0.102. The molecule has 1 aromatic carbocycles. The van der Waals surface area contributed by atoms with Gasteiger partial charge in [-0.2, -0.15) is 0 Å². The van der Waals surface area contributed by atoms with E-state index in [1.54, 1.807) is 6.92 Å². The summed E-state index contributed by atoms with van der Waals surface area (Å²) in [7, 11) is 0. The van der Waals surface area contributed by atoms with Gasteiger partial charge in [0.05, 0.1) is 17.4 Å². The second-order valence-corrected chi connectivity index (χ2v) is 4.01. The molecule has 0 radical (unpaired) electrons. The van der Waals surface area contributed by atoms with Gasteiger partial charge in [0.25, 0.3) is 5.91 Å². The van der Waals surface area contributed by atoms with Gasteiger partial charge in [-0.15, -0.1) is 0 Å². The van der Waals surface area contributed by atoms with Crippen molar-refractivity contribution in [2.45, 2.75) is 6.92 Å². The molecule has 4 nitrogen and oxygen atoms in total. The Morgan fingerprint density at radius 2 is 2.05 bits per heavy atom. The van der Waals surface area contributed by atoms with E-state index in [0.29, 0.717) is 6.54 Å². The van der Waals surface area contributed by atoms with Crippen molar-refractivity contribution >= 4 is 17.4 Å². The number of hydrogen-bond donors (Lipinski definition) is 2. The number of benzene rings is 1. The van der Waals surface area contributed by atoms with Crippen LogP contribution in [0, 0.1) is 11.6 Å². The molecule has 1 amide bonds. The van der Waals surface area contributed by atoms with Crippen LogP contribution in [-0.2, 0) is 0 Å². The molecule has 2 aromatic rings. The average Bonchev–Trinajstić information content (AvgIpc) is 2.43. The number of nitrogens with one attached hydrogen (secondary N) is 2. The van der Waals surface area contributed by atoms with Crippen molar-refractivity contribution in [3.8, 4) is 0 Å². The van der Waals surface area contributed by atoms with Crippen LogP contribution in [0.15, 0.2) is 36.5 Å². The maximum absolute atomic E-state index is 13.7. The highest BCUT2D eigenvalue weighted by Gasteiger charge is 2.15. The molecule has 2 rings (SSSR count). The molecule has 2 N–H and O–H groups in total.